The van der Waals surface area contributed by atoms with Crippen LogP contribution >= 0.6 is 11.5 Å². The molecule has 0 aliphatic carbocycles. The van der Waals surface area contributed by atoms with Gasteiger partial charge in [0.25, 0.3) is 5.91 Å². The van der Waals surface area contributed by atoms with Crippen molar-refractivity contribution >= 4 is 17.4 Å². The Morgan fingerprint density at radius 3 is 2.96 bits per heavy atom. The molecule has 0 radical (unpaired) electrons. The quantitative estimate of drug-likeness (QED) is 0.718. The zero-order chi connectivity index (χ0) is 17.2. The van der Waals surface area contributed by atoms with Crippen LogP contribution in [0.3, 0.4) is 0 Å². The molecule has 3 aromatic rings. The molecule has 0 bridgehead atoms. The molecule has 4 heterocycles. The van der Waals surface area contributed by atoms with Gasteiger partial charge >= 0.3 is 0 Å². The van der Waals surface area contributed by atoms with E-state index in [2.05, 4.69) is 19.7 Å². The molecule has 0 spiro atoms. The van der Waals surface area contributed by atoms with Crippen LogP contribution in [-0.2, 0) is 0 Å². The largest absolute Gasteiger partial charge is 0.355 e. The van der Waals surface area contributed by atoms with Crippen LogP contribution in [0.25, 0.3) is 10.6 Å². The molecule has 1 fully saturated rings. The third kappa shape index (κ3) is 3.17. The molecule has 0 N–H and O–H groups in total. The summed E-state index contributed by atoms with van der Waals surface area (Å²) in [6.45, 7) is 3.27. The van der Waals surface area contributed by atoms with Crippen molar-refractivity contribution in [1.82, 2.24) is 24.6 Å². The maximum absolute atomic E-state index is 12.7. The van der Waals surface area contributed by atoms with Crippen molar-refractivity contribution in [1.29, 1.82) is 0 Å². The molecule has 1 saturated heterocycles. The molecule has 1 amide bonds. The van der Waals surface area contributed by atoms with Gasteiger partial charge in [0.2, 0.25) is 0 Å². The highest BCUT2D eigenvalue weighted by Gasteiger charge is 2.30. The molecule has 25 heavy (non-hydrogen) atoms. The van der Waals surface area contributed by atoms with Gasteiger partial charge in [0.1, 0.15) is 4.88 Å². The number of rotatable bonds is 3. The van der Waals surface area contributed by atoms with Crippen LogP contribution in [0.4, 0.5) is 0 Å². The van der Waals surface area contributed by atoms with Crippen molar-refractivity contribution in [2.24, 2.45) is 0 Å². The predicted octanol–water partition coefficient (Wildman–Crippen LogP) is 2.92. The van der Waals surface area contributed by atoms with Gasteiger partial charge in [0.15, 0.2) is 5.76 Å². The van der Waals surface area contributed by atoms with Crippen molar-refractivity contribution in [3.8, 4) is 10.6 Å². The molecule has 1 aliphatic heterocycles. The van der Waals surface area contributed by atoms with E-state index in [0.717, 1.165) is 35.7 Å². The van der Waals surface area contributed by atoms with Gasteiger partial charge in [-0.25, -0.2) is 0 Å². The Bertz CT molecular complexity index is 876. The van der Waals surface area contributed by atoms with E-state index < -0.39 is 0 Å². The summed E-state index contributed by atoms with van der Waals surface area (Å²) in [6, 6.07) is 5.39. The lowest BCUT2D eigenvalue weighted by atomic mass is 9.93. The van der Waals surface area contributed by atoms with Gasteiger partial charge in [-0.3, -0.25) is 9.78 Å². The van der Waals surface area contributed by atoms with Crippen molar-refractivity contribution in [3.63, 3.8) is 0 Å². The number of amides is 1. The lowest BCUT2D eigenvalue weighted by Crippen LogP contribution is -2.39. The molecular formula is C17H17N5O2S. The molecule has 7 nitrogen and oxygen atoms in total. The molecule has 3 aromatic heterocycles. The summed E-state index contributed by atoms with van der Waals surface area (Å²) < 4.78 is 9.48. The minimum Gasteiger partial charge on any atom is -0.355 e. The van der Waals surface area contributed by atoms with Gasteiger partial charge < -0.3 is 9.42 Å². The van der Waals surface area contributed by atoms with E-state index in [0.29, 0.717) is 17.9 Å². The first-order valence-corrected chi connectivity index (χ1v) is 8.95. The highest BCUT2D eigenvalue weighted by atomic mass is 32.1. The Morgan fingerprint density at radius 1 is 1.36 bits per heavy atom. The van der Waals surface area contributed by atoms with Crippen LogP contribution in [0.1, 0.15) is 40.5 Å². The SMILES string of the molecule is Cc1cc(-c2snnc2C2CCCN(C(=O)c3ccncc3)C2)on1. The second-order valence-electron chi connectivity index (χ2n) is 6.15. The van der Waals surface area contributed by atoms with Crippen molar-refractivity contribution < 1.29 is 9.32 Å². The highest BCUT2D eigenvalue weighted by molar-refractivity contribution is 7.09. The summed E-state index contributed by atoms with van der Waals surface area (Å²) >= 11 is 1.31. The lowest BCUT2D eigenvalue weighted by molar-refractivity contribution is 0.0706. The van der Waals surface area contributed by atoms with Crippen LogP contribution < -0.4 is 0 Å². The lowest BCUT2D eigenvalue weighted by Gasteiger charge is -2.32. The summed E-state index contributed by atoms with van der Waals surface area (Å²) in [7, 11) is 0. The number of carbonyl (C=O) groups is 1. The minimum absolute atomic E-state index is 0.0346. The van der Waals surface area contributed by atoms with E-state index in [4.69, 9.17) is 4.52 Å². The fourth-order valence-electron chi connectivity index (χ4n) is 3.17. The topological polar surface area (TPSA) is 85.0 Å². The third-order valence-corrected chi connectivity index (χ3v) is 5.14. The smallest absolute Gasteiger partial charge is 0.253 e. The van der Waals surface area contributed by atoms with Crippen LogP contribution in [0, 0.1) is 6.92 Å². The zero-order valence-electron chi connectivity index (χ0n) is 13.8. The molecule has 1 aliphatic rings. The van der Waals surface area contributed by atoms with Gasteiger partial charge in [-0.2, -0.15) is 0 Å². The Kier molecular flexibility index (Phi) is 4.27. The van der Waals surface area contributed by atoms with Gasteiger partial charge in [0.05, 0.1) is 11.4 Å². The van der Waals surface area contributed by atoms with Gasteiger partial charge in [-0.15, -0.1) is 5.10 Å². The number of aromatic nitrogens is 4. The number of nitrogens with zero attached hydrogens (tertiary/aromatic N) is 5. The first-order valence-electron chi connectivity index (χ1n) is 8.17. The third-order valence-electron chi connectivity index (χ3n) is 4.39. The molecule has 4 rings (SSSR count). The summed E-state index contributed by atoms with van der Waals surface area (Å²) in [5.41, 5.74) is 2.39. The number of likely N-dealkylation sites (tertiary alicyclic amines) is 1. The summed E-state index contributed by atoms with van der Waals surface area (Å²) in [5, 5.41) is 8.27. The number of hydrogen-bond donors (Lipinski definition) is 0. The number of piperidine rings is 1. The maximum Gasteiger partial charge on any atom is 0.253 e. The zero-order valence-corrected chi connectivity index (χ0v) is 14.6. The number of carbonyl (C=O) groups excluding carboxylic acids is 1. The first-order chi connectivity index (χ1) is 12.2. The van der Waals surface area contributed by atoms with Crippen LogP contribution in [0.15, 0.2) is 35.1 Å². The van der Waals surface area contributed by atoms with Crippen molar-refractivity contribution in [2.75, 3.05) is 13.1 Å². The second kappa shape index (κ2) is 6.72. The summed E-state index contributed by atoms with van der Waals surface area (Å²) in [5.74, 6) is 0.881. The molecule has 1 atom stereocenters. The molecule has 0 saturated carbocycles. The number of pyridine rings is 1. The van der Waals surface area contributed by atoms with Crippen molar-refractivity contribution in [3.05, 3.63) is 47.5 Å². The van der Waals surface area contributed by atoms with Crippen LogP contribution in [-0.4, -0.2) is 43.6 Å². The monoisotopic (exact) mass is 355 g/mol. The number of aryl methyl sites for hydroxylation is 1. The molecular weight excluding hydrogens is 338 g/mol. The Labute approximate surface area is 148 Å². The van der Waals surface area contributed by atoms with E-state index >= 15 is 0 Å². The summed E-state index contributed by atoms with van der Waals surface area (Å²) in [6.07, 6.45) is 5.20. The standard InChI is InChI=1S/C17H17N5O2S/c1-11-9-14(24-20-11)16-15(19-21-25-16)13-3-2-8-22(10-13)17(23)12-4-6-18-7-5-12/h4-7,9,13H,2-3,8,10H2,1H3. The fraction of sp³-hybridized carbons (Fsp3) is 0.353. The van der Waals surface area contributed by atoms with Crippen molar-refractivity contribution in [2.45, 2.75) is 25.7 Å². The minimum atomic E-state index is 0.0346. The van der Waals surface area contributed by atoms with Crippen LogP contribution in [0.2, 0.25) is 0 Å². The Hall–Kier alpha value is -2.61. The van der Waals surface area contributed by atoms with E-state index in [1.165, 1.54) is 11.5 Å². The Morgan fingerprint density at radius 2 is 2.20 bits per heavy atom. The number of hydrogen-bond acceptors (Lipinski definition) is 7. The summed E-state index contributed by atoms with van der Waals surface area (Å²) in [4.78, 5) is 19.5. The average molecular weight is 355 g/mol. The van der Waals surface area contributed by atoms with Gasteiger partial charge in [-0.1, -0.05) is 9.64 Å². The van der Waals surface area contributed by atoms with Crippen LogP contribution in [0.5, 0.6) is 0 Å². The first kappa shape index (κ1) is 15.9. The van der Waals surface area contributed by atoms with E-state index in [-0.39, 0.29) is 11.8 Å². The Balaban J connectivity index is 1.56. The normalized spacial score (nSPS) is 17.6. The van der Waals surface area contributed by atoms with E-state index in [9.17, 15) is 4.79 Å². The highest BCUT2D eigenvalue weighted by Crippen LogP contribution is 2.35. The molecule has 0 aromatic carbocycles. The maximum atomic E-state index is 12.7. The van der Waals surface area contributed by atoms with E-state index in [1.807, 2.05) is 17.9 Å². The fourth-order valence-corrected chi connectivity index (χ4v) is 3.87. The predicted molar refractivity (Wildman–Crippen MR) is 92.3 cm³/mol. The molecule has 1 unspecified atom stereocenters. The molecule has 8 heteroatoms. The van der Waals surface area contributed by atoms with Gasteiger partial charge in [0, 0.05) is 43.0 Å². The van der Waals surface area contributed by atoms with E-state index in [1.54, 1.807) is 24.5 Å². The molecule has 128 valence electrons. The average Bonchev–Trinajstić information content (AvgIpc) is 3.30. The second-order valence-corrected chi connectivity index (χ2v) is 6.90. The van der Waals surface area contributed by atoms with Gasteiger partial charge in [-0.05, 0) is 43.4 Å².